The SMILES string of the molecule is CC(C)[C@H](C[C@H](O)[C@H](CC1CCCCC1)NC(=O)[C@@H](NC(=O)COc1cccc2ccccc12)C(C)C)C(=O)N[C@@H](CO)C(=O)N(C)c1ccccn1. The molecule has 4 rings (SSSR count). The molecule has 1 saturated carbocycles. The molecule has 0 radical (unpaired) electrons. The second-order valence-corrected chi connectivity index (χ2v) is 14.9. The van der Waals surface area contributed by atoms with E-state index in [2.05, 4.69) is 20.9 Å². The van der Waals surface area contributed by atoms with E-state index in [-0.39, 0.29) is 30.8 Å². The second kappa shape index (κ2) is 20.1. The molecule has 0 spiro atoms. The summed E-state index contributed by atoms with van der Waals surface area (Å²) in [6.07, 6.45) is 6.23. The molecular formula is C41H57N5O7. The van der Waals surface area contributed by atoms with Crippen molar-refractivity contribution in [2.45, 2.75) is 96.9 Å². The molecule has 12 heteroatoms. The van der Waals surface area contributed by atoms with E-state index in [0.717, 1.165) is 42.9 Å². The number of carbonyl (C=O) groups excluding carboxylic acids is 4. The number of benzene rings is 2. The van der Waals surface area contributed by atoms with E-state index >= 15 is 0 Å². The quantitative estimate of drug-likeness (QED) is 0.129. The van der Waals surface area contributed by atoms with E-state index < -0.39 is 60.4 Å². The van der Waals surface area contributed by atoms with Crippen LogP contribution in [0.25, 0.3) is 10.8 Å². The third-order valence-corrected chi connectivity index (χ3v) is 10.2. The third kappa shape index (κ3) is 11.7. The van der Waals surface area contributed by atoms with Gasteiger partial charge in [-0.05, 0) is 54.2 Å². The summed E-state index contributed by atoms with van der Waals surface area (Å²) in [4.78, 5) is 59.4. The molecule has 0 unspecified atom stereocenters. The molecule has 1 aromatic heterocycles. The summed E-state index contributed by atoms with van der Waals surface area (Å²) in [6.45, 7) is 6.49. The third-order valence-electron chi connectivity index (χ3n) is 10.2. The zero-order valence-electron chi connectivity index (χ0n) is 31.7. The van der Waals surface area contributed by atoms with Gasteiger partial charge >= 0.3 is 0 Å². The topological polar surface area (TPSA) is 170 Å². The minimum atomic E-state index is -1.22. The molecule has 1 aliphatic rings. The maximum absolute atomic E-state index is 13.9. The van der Waals surface area contributed by atoms with E-state index in [1.807, 2.05) is 64.1 Å². The van der Waals surface area contributed by atoms with Crippen molar-refractivity contribution in [2.75, 3.05) is 25.2 Å². The Morgan fingerprint density at radius 2 is 1.57 bits per heavy atom. The van der Waals surface area contributed by atoms with Gasteiger partial charge in [0.1, 0.15) is 23.7 Å². The average molecular weight is 732 g/mol. The minimum Gasteiger partial charge on any atom is -0.483 e. The highest BCUT2D eigenvalue weighted by Gasteiger charge is 2.35. The zero-order chi connectivity index (χ0) is 38.5. The van der Waals surface area contributed by atoms with Gasteiger partial charge < -0.3 is 30.9 Å². The maximum atomic E-state index is 13.9. The first-order chi connectivity index (χ1) is 25.4. The molecule has 1 heterocycles. The summed E-state index contributed by atoms with van der Waals surface area (Å²) in [6, 6.07) is 15.7. The van der Waals surface area contributed by atoms with E-state index in [1.54, 1.807) is 30.5 Å². The van der Waals surface area contributed by atoms with Crippen LogP contribution in [0.4, 0.5) is 5.82 Å². The summed E-state index contributed by atoms with van der Waals surface area (Å²) >= 11 is 0. The van der Waals surface area contributed by atoms with E-state index in [4.69, 9.17) is 4.74 Å². The van der Waals surface area contributed by atoms with Gasteiger partial charge in [0.25, 0.3) is 11.8 Å². The first-order valence-electron chi connectivity index (χ1n) is 18.9. The molecule has 5 atom stereocenters. The number of anilines is 1. The number of rotatable bonds is 18. The van der Waals surface area contributed by atoms with Crippen LogP contribution in [0.15, 0.2) is 66.9 Å². The molecule has 4 amide bonds. The Kier molecular flexibility index (Phi) is 15.6. The number of carbonyl (C=O) groups is 4. The Morgan fingerprint density at radius 1 is 0.868 bits per heavy atom. The lowest BCUT2D eigenvalue weighted by atomic mass is 9.81. The fraction of sp³-hybridized carbons (Fsp3) is 0.537. The molecule has 0 saturated heterocycles. The number of pyridine rings is 1. The molecule has 288 valence electrons. The summed E-state index contributed by atoms with van der Waals surface area (Å²) in [5.74, 6) is -1.90. The first kappa shape index (κ1) is 41.2. The number of hydrogen-bond donors (Lipinski definition) is 5. The van der Waals surface area contributed by atoms with Crippen LogP contribution < -0.4 is 25.6 Å². The Labute approximate surface area is 313 Å². The normalized spacial score (nSPS) is 16.3. The molecule has 1 aliphatic carbocycles. The van der Waals surface area contributed by atoms with E-state index in [1.165, 1.54) is 11.9 Å². The number of ether oxygens (including phenoxy) is 1. The lowest BCUT2D eigenvalue weighted by Crippen LogP contribution is -2.56. The molecule has 53 heavy (non-hydrogen) atoms. The smallest absolute Gasteiger partial charge is 0.258 e. The first-order valence-corrected chi connectivity index (χ1v) is 18.9. The van der Waals surface area contributed by atoms with E-state index in [0.29, 0.717) is 18.0 Å². The van der Waals surface area contributed by atoms with Gasteiger partial charge in [-0.25, -0.2) is 4.98 Å². The van der Waals surface area contributed by atoms with Crippen LogP contribution in [0.5, 0.6) is 5.75 Å². The zero-order valence-corrected chi connectivity index (χ0v) is 31.7. The Hall–Kier alpha value is -4.55. The number of aliphatic hydroxyl groups is 2. The van der Waals surface area contributed by atoms with E-state index in [9.17, 15) is 29.4 Å². The summed E-state index contributed by atoms with van der Waals surface area (Å²) in [5, 5.41) is 32.3. The number of nitrogens with zero attached hydrogens (tertiary/aromatic N) is 2. The monoisotopic (exact) mass is 731 g/mol. The van der Waals surface area contributed by atoms with Crippen molar-refractivity contribution in [3.8, 4) is 5.75 Å². The highest BCUT2D eigenvalue weighted by Crippen LogP contribution is 2.30. The van der Waals surface area contributed by atoms with Crippen LogP contribution in [0.2, 0.25) is 0 Å². The standard InChI is InChI=1S/C41H57N5O7/c1-26(2)31(39(50)44-33(24-47)41(52)46(5)36-20-11-12-21-42-36)23-34(48)32(22-28-14-7-6-8-15-28)43-40(51)38(27(3)4)45-37(49)25-53-35-19-13-17-29-16-9-10-18-30(29)35/h9-13,16-21,26-28,31-34,38,47-48H,6-8,14-15,22-25H2,1-5H3,(H,43,51)(H,44,50)(H,45,49)/t31-,32-,33-,34-,38-/m0/s1. The van der Waals surface area contributed by atoms with Crippen molar-refractivity contribution >= 4 is 40.2 Å². The Balaban J connectivity index is 1.44. The van der Waals surface area contributed by atoms with Gasteiger partial charge in [0.2, 0.25) is 11.8 Å². The van der Waals surface area contributed by atoms with Gasteiger partial charge in [-0.1, -0.05) is 102 Å². The largest absolute Gasteiger partial charge is 0.483 e. The van der Waals surface area contributed by atoms with Crippen LogP contribution in [0.1, 0.15) is 72.6 Å². The Morgan fingerprint density at radius 3 is 2.23 bits per heavy atom. The molecule has 3 aromatic rings. The van der Waals surface area contributed by atoms with Crippen molar-refractivity contribution in [3.05, 3.63) is 66.9 Å². The molecule has 12 nitrogen and oxygen atoms in total. The van der Waals surface area contributed by atoms with Gasteiger partial charge in [0, 0.05) is 24.5 Å². The molecule has 1 fully saturated rings. The van der Waals surface area contributed by atoms with Crippen molar-refractivity contribution in [1.29, 1.82) is 0 Å². The number of fused-ring (bicyclic) bond motifs is 1. The van der Waals surface area contributed by atoms with Crippen LogP contribution in [-0.2, 0) is 19.2 Å². The van der Waals surface area contributed by atoms with Crippen molar-refractivity contribution in [1.82, 2.24) is 20.9 Å². The lowest BCUT2D eigenvalue weighted by molar-refractivity contribution is -0.133. The molecule has 2 aromatic carbocycles. The molecular weight excluding hydrogens is 674 g/mol. The van der Waals surface area contributed by atoms with Gasteiger partial charge in [-0.15, -0.1) is 0 Å². The number of nitrogens with one attached hydrogen (secondary N) is 3. The summed E-state index contributed by atoms with van der Waals surface area (Å²) < 4.78 is 5.87. The number of amides is 4. The highest BCUT2D eigenvalue weighted by atomic mass is 16.5. The second-order valence-electron chi connectivity index (χ2n) is 14.9. The van der Waals surface area contributed by atoms with Crippen LogP contribution in [0.3, 0.4) is 0 Å². The van der Waals surface area contributed by atoms with Gasteiger partial charge in [0.15, 0.2) is 6.61 Å². The van der Waals surface area contributed by atoms with Crippen LogP contribution >= 0.6 is 0 Å². The van der Waals surface area contributed by atoms with Crippen molar-refractivity contribution in [2.24, 2.45) is 23.7 Å². The lowest BCUT2D eigenvalue weighted by Gasteiger charge is -2.34. The number of likely N-dealkylation sites (N-methyl/N-ethyl adjacent to an activating group) is 1. The number of aliphatic hydroxyl groups excluding tert-OH is 2. The van der Waals surface area contributed by atoms with Gasteiger partial charge in [-0.3, -0.25) is 24.1 Å². The maximum Gasteiger partial charge on any atom is 0.258 e. The number of hydrogen-bond acceptors (Lipinski definition) is 8. The fourth-order valence-corrected chi connectivity index (χ4v) is 7.05. The molecule has 0 bridgehead atoms. The molecule has 0 aliphatic heterocycles. The predicted molar refractivity (Wildman–Crippen MR) is 205 cm³/mol. The van der Waals surface area contributed by atoms with Crippen LogP contribution in [0, 0.1) is 23.7 Å². The number of aromatic nitrogens is 1. The summed E-state index contributed by atoms with van der Waals surface area (Å²) in [7, 11) is 1.52. The summed E-state index contributed by atoms with van der Waals surface area (Å²) in [5.41, 5.74) is 0. The highest BCUT2D eigenvalue weighted by molar-refractivity contribution is 5.98. The van der Waals surface area contributed by atoms with Crippen molar-refractivity contribution < 1.29 is 34.1 Å². The molecule has 5 N–H and O–H groups in total. The van der Waals surface area contributed by atoms with Gasteiger partial charge in [0.05, 0.1) is 18.8 Å². The van der Waals surface area contributed by atoms with Crippen LogP contribution in [-0.4, -0.2) is 83.3 Å². The van der Waals surface area contributed by atoms with Crippen molar-refractivity contribution in [3.63, 3.8) is 0 Å². The fourth-order valence-electron chi connectivity index (χ4n) is 7.05. The van der Waals surface area contributed by atoms with Gasteiger partial charge in [-0.2, -0.15) is 0 Å². The average Bonchev–Trinajstić information content (AvgIpc) is 3.16. The Bertz CT molecular complexity index is 1640. The predicted octanol–water partition coefficient (Wildman–Crippen LogP) is 4.37. The minimum absolute atomic E-state index is 0.0150.